The molecule has 0 bridgehead atoms. The van der Waals surface area contributed by atoms with Crippen molar-refractivity contribution < 1.29 is 23.8 Å². The predicted molar refractivity (Wildman–Crippen MR) is 127 cm³/mol. The van der Waals surface area contributed by atoms with E-state index in [1.54, 1.807) is 60.7 Å². The molecule has 35 heavy (non-hydrogen) atoms. The number of carbonyl (C=O) groups is 2. The van der Waals surface area contributed by atoms with Crippen LogP contribution in [0.2, 0.25) is 0 Å². The average Bonchev–Trinajstić information content (AvgIpc) is 3.36. The summed E-state index contributed by atoms with van der Waals surface area (Å²) >= 11 is 0. The SMILES string of the molecule is CC(OC(=O)c1nn(-c2ccccc2)c(=O)c2ccccc12)C(=O)NCc1ccc2c(c1)OCO2. The Bertz CT molecular complexity index is 1480. The van der Waals surface area contributed by atoms with E-state index in [1.807, 2.05) is 12.1 Å². The summed E-state index contributed by atoms with van der Waals surface area (Å²) in [5.74, 6) is -0.0185. The Morgan fingerprint density at radius 3 is 2.51 bits per heavy atom. The molecule has 2 heterocycles. The molecule has 0 fully saturated rings. The Balaban J connectivity index is 1.34. The molecule has 0 aliphatic carbocycles. The molecule has 5 rings (SSSR count). The normalized spacial score (nSPS) is 12.8. The highest BCUT2D eigenvalue weighted by Gasteiger charge is 2.24. The van der Waals surface area contributed by atoms with Gasteiger partial charge in [0.1, 0.15) is 0 Å². The van der Waals surface area contributed by atoms with Crippen LogP contribution in [0, 0.1) is 0 Å². The summed E-state index contributed by atoms with van der Waals surface area (Å²) in [7, 11) is 0. The predicted octanol–water partition coefficient (Wildman–Crippen LogP) is 2.98. The third-order valence-corrected chi connectivity index (χ3v) is 5.56. The van der Waals surface area contributed by atoms with Gasteiger partial charge in [0.05, 0.1) is 11.1 Å². The molecule has 1 aliphatic rings. The van der Waals surface area contributed by atoms with Crippen molar-refractivity contribution >= 4 is 22.6 Å². The first-order valence-electron chi connectivity index (χ1n) is 11.0. The number of carbonyl (C=O) groups excluding carboxylic acids is 2. The van der Waals surface area contributed by atoms with Gasteiger partial charge in [0.25, 0.3) is 11.5 Å². The molecule has 1 aliphatic heterocycles. The van der Waals surface area contributed by atoms with Crippen molar-refractivity contribution in [1.29, 1.82) is 0 Å². The van der Waals surface area contributed by atoms with Crippen LogP contribution in [0.1, 0.15) is 23.0 Å². The van der Waals surface area contributed by atoms with Crippen molar-refractivity contribution in [3.63, 3.8) is 0 Å². The topological polar surface area (TPSA) is 109 Å². The lowest BCUT2D eigenvalue weighted by Crippen LogP contribution is -2.36. The van der Waals surface area contributed by atoms with E-state index in [0.29, 0.717) is 28.0 Å². The Hall–Kier alpha value is -4.66. The maximum atomic E-state index is 13.1. The van der Waals surface area contributed by atoms with E-state index in [2.05, 4.69) is 10.4 Å². The van der Waals surface area contributed by atoms with Crippen molar-refractivity contribution in [2.24, 2.45) is 0 Å². The van der Waals surface area contributed by atoms with Crippen molar-refractivity contribution in [1.82, 2.24) is 15.1 Å². The van der Waals surface area contributed by atoms with Gasteiger partial charge in [-0.1, -0.05) is 42.5 Å². The molecule has 0 saturated heterocycles. The number of aromatic nitrogens is 2. The monoisotopic (exact) mass is 471 g/mol. The smallest absolute Gasteiger partial charge is 0.360 e. The van der Waals surface area contributed by atoms with Gasteiger partial charge < -0.3 is 19.5 Å². The maximum absolute atomic E-state index is 13.1. The van der Waals surface area contributed by atoms with Gasteiger partial charge in [0.15, 0.2) is 23.3 Å². The third kappa shape index (κ3) is 4.43. The van der Waals surface area contributed by atoms with E-state index in [-0.39, 0.29) is 24.6 Å². The van der Waals surface area contributed by atoms with Crippen molar-refractivity contribution in [3.8, 4) is 17.2 Å². The zero-order valence-corrected chi connectivity index (χ0v) is 18.8. The van der Waals surface area contributed by atoms with Crippen LogP contribution in [0.4, 0.5) is 0 Å². The van der Waals surface area contributed by atoms with E-state index < -0.39 is 18.0 Å². The Morgan fingerprint density at radius 1 is 1.00 bits per heavy atom. The minimum Gasteiger partial charge on any atom is -0.454 e. The molecule has 1 atom stereocenters. The van der Waals surface area contributed by atoms with Crippen molar-refractivity contribution in [3.05, 3.63) is 94.4 Å². The highest BCUT2D eigenvalue weighted by Crippen LogP contribution is 2.32. The number of esters is 1. The van der Waals surface area contributed by atoms with E-state index in [1.165, 1.54) is 6.92 Å². The number of para-hydroxylation sites is 1. The van der Waals surface area contributed by atoms with Gasteiger partial charge in [0, 0.05) is 11.9 Å². The fourth-order valence-corrected chi connectivity index (χ4v) is 3.74. The number of nitrogens with one attached hydrogen (secondary N) is 1. The summed E-state index contributed by atoms with van der Waals surface area (Å²) in [4.78, 5) is 38.7. The molecule has 9 heteroatoms. The Morgan fingerprint density at radius 2 is 1.71 bits per heavy atom. The zero-order valence-electron chi connectivity index (χ0n) is 18.8. The Kier molecular flexibility index (Phi) is 5.88. The highest BCUT2D eigenvalue weighted by atomic mass is 16.7. The second-order valence-corrected chi connectivity index (χ2v) is 7.90. The van der Waals surface area contributed by atoms with Gasteiger partial charge in [-0.05, 0) is 42.8 Å². The van der Waals surface area contributed by atoms with E-state index >= 15 is 0 Å². The maximum Gasteiger partial charge on any atom is 0.360 e. The average molecular weight is 471 g/mol. The summed E-state index contributed by atoms with van der Waals surface area (Å²) in [6, 6.07) is 20.8. The van der Waals surface area contributed by atoms with Gasteiger partial charge in [0.2, 0.25) is 6.79 Å². The number of amides is 1. The van der Waals surface area contributed by atoms with E-state index in [0.717, 1.165) is 10.2 Å². The molecule has 176 valence electrons. The molecule has 3 aromatic carbocycles. The fourth-order valence-electron chi connectivity index (χ4n) is 3.74. The van der Waals surface area contributed by atoms with Crippen LogP contribution < -0.4 is 20.3 Å². The van der Waals surface area contributed by atoms with Crippen LogP contribution in [-0.4, -0.2) is 34.6 Å². The van der Waals surface area contributed by atoms with Crippen LogP contribution in [-0.2, 0) is 16.1 Å². The van der Waals surface area contributed by atoms with Crippen LogP contribution in [0.3, 0.4) is 0 Å². The number of hydrogen-bond donors (Lipinski definition) is 1. The quantitative estimate of drug-likeness (QED) is 0.431. The molecule has 9 nitrogen and oxygen atoms in total. The first-order chi connectivity index (χ1) is 17.0. The number of fused-ring (bicyclic) bond motifs is 2. The second kappa shape index (κ2) is 9.30. The van der Waals surface area contributed by atoms with Gasteiger partial charge in [-0.3, -0.25) is 9.59 Å². The van der Waals surface area contributed by atoms with Gasteiger partial charge in [-0.25, -0.2) is 4.79 Å². The van der Waals surface area contributed by atoms with Gasteiger partial charge in [-0.15, -0.1) is 0 Å². The van der Waals surface area contributed by atoms with E-state index in [9.17, 15) is 14.4 Å². The summed E-state index contributed by atoms with van der Waals surface area (Å²) in [6.45, 7) is 1.86. The van der Waals surface area contributed by atoms with Gasteiger partial charge in [-0.2, -0.15) is 9.78 Å². The first kappa shape index (κ1) is 22.1. The lowest BCUT2D eigenvalue weighted by Gasteiger charge is -2.15. The van der Waals surface area contributed by atoms with Crippen molar-refractivity contribution in [2.45, 2.75) is 19.6 Å². The number of hydrogen-bond acceptors (Lipinski definition) is 7. The number of ether oxygens (including phenoxy) is 3. The lowest BCUT2D eigenvalue weighted by atomic mass is 10.1. The van der Waals surface area contributed by atoms with Crippen LogP contribution >= 0.6 is 0 Å². The largest absolute Gasteiger partial charge is 0.454 e. The molecule has 0 spiro atoms. The number of benzene rings is 3. The minimum absolute atomic E-state index is 0.0560. The summed E-state index contributed by atoms with van der Waals surface area (Å²) < 4.78 is 17.2. The molecule has 0 saturated carbocycles. The van der Waals surface area contributed by atoms with E-state index in [4.69, 9.17) is 14.2 Å². The summed E-state index contributed by atoms with van der Waals surface area (Å²) in [5, 5.41) is 7.69. The standard InChI is InChI=1S/C26H21N3O6/c1-16(24(30)27-14-17-11-12-21-22(13-17)34-15-33-21)35-26(32)23-19-9-5-6-10-20(19)25(31)29(28-23)18-7-3-2-4-8-18/h2-13,16H,14-15H2,1H3,(H,27,30). The highest BCUT2D eigenvalue weighted by molar-refractivity contribution is 6.03. The fraction of sp³-hybridized carbons (Fsp3) is 0.154. The number of nitrogens with zero attached hydrogens (tertiary/aromatic N) is 2. The molecule has 1 unspecified atom stereocenters. The molecule has 1 aromatic heterocycles. The summed E-state index contributed by atoms with van der Waals surface area (Å²) in [6.07, 6.45) is -1.09. The molecule has 1 amide bonds. The number of rotatable bonds is 6. The van der Waals surface area contributed by atoms with Crippen LogP contribution in [0.25, 0.3) is 16.5 Å². The van der Waals surface area contributed by atoms with Crippen LogP contribution in [0.5, 0.6) is 11.5 Å². The molecular formula is C26H21N3O6. The first-order valence-corrected chi connectivity index (χ1v) is 11.0. The summed E-state index contributed by atoms with van der Waals surface area (Å²) in [5.41, 5.74) is 0.896. The molecule has 0 radical (unpaired) electrons. The second-order valence-electron chi connectivity index (χ2n) is 7.90. The van der Waals surface area contributed by atoms with Crippen molar-refractivity contribution in [2.75, 3.05) is 6.79 Å². The Labute approximate surface area is 199 Å². The van der Waals surface area contributed by atoms with Crippen LogP contribution in [0.15, 0.2) is 77.6 Å². The molecule has 1 N–H and O–H groups in total. The zero-order chi connectivity index (χ0) is 24.4. The molecular weight excluding hydrogens is 450 g/mol. The third-order valence-electron chi connectivity index (χ3n) is 5.56. The molecule has 4 aromatic rings. The lowest BCUT2D eigenvalue weighted by molar-refractivity contribution is -0.129. The minimum atomic E-state index is -1.09. The van der Waals surface area contributed by atoms with Gasteiger partial charge >= 0.3 is 5.97 Å².